The van der Waals surface area contributed by atoms with Crippen LogP contribution in [0.2, 0.25) is 0 Å². The number of unbranched alkanes of at least 4 members (excludes halogenated alkanes) is 4. The van der Waals surface area contributed by atoms with Crippen molar-refractivity contribution in [3.63, 3.8) is 0 Å². The van der Waals surface area contributed by atoms with E-state index in [2.05, 4.69) is 42.5 Å². The molecule has 0 aromatic heterocycles. The molecule has 0 saturated carbocycles. The molecule has 2 N–H and O–H groups in total. The van der Waals surface area contributed by atoms with Crippen molar-refractivity contribution in [3.8, 4) is 0 Å². The van der Waals surface area contributed by atoms with E-state index in [4.69, 9.17) is 114 Å². The largest absolute Gasteiger partial charge is 1.00 e. The van der Waals surface area contributed by atoms with Gasteiger partial charge in [0.15, 0.2) is 5.71 Å². The molecule has 42 nitrogen and oxygen atoms in total. The normalized spacial score (nSPS) is 14.4. The van der Waals surface area contributed by atoms with E-state index >= 15 is 0 Å². The molecule has 1 atom stereocenters. The molecule has 2 heterocycles. The van der Waals surface area contributed by atoms with E-state index in [1.54, 1.807) is 13.2 Å². The quantitative estimate of drug-likeness (QED) is 0.00833. The van der Waals surface area contributed by atoms with Crippen LogP contribution in [0, 0.1) is 0 Å². The number of anilines is 1. The zero-order chi connectivity index (χ0) is 99.2. The van der Waals surface area contributed by atoms with Gasteiger partial charge in [-0.1, -0.05) is 37.1 Å². The van der Waals surface area contributed by atoms with Crippen LogP contribution in [0.25, 0.3) is 10.8 Å². The Hall–Kier alpha value is -2.13. The van der Waals surface area contributed by atoms with Gasteiger partial charge in [0, 0.05) is 96.7 Å². The fourth-order valence-electron chi connectivity index (χ4n) is 14.1. The fourth-order valence-corrected chi connectivity index (χ4v) is 16.2. The van der Waals surface area contributed by atoms with Gasteiger partial charge in [-0.2, -0.15) is 13.2 Å². The number of benzene rings is 3. The zero-order valence-corrected chi connectivity index (χ0v) is 92.8. The van der Waals surface area contributed by atoms with Crippen molar-refractivity contribution in [3.05, 3.63) is 89.7 Å². The van der Waals surface area contributed by atoms with Crippen LogP contribution in [0.5, 0.6) is 0 Å². The first-order chi connectivity index (χ1) is 67.3. The van der Waals surface area contributed by atoms with Gasteiger partial charge in [-0.05, 0) is 106 Å². The molecule has 0 spiro atoms. The molecule has 49 heteroatoms. The average molecular weight is 2120 g/mol. The Morgan fingerprint density at radius 1 is 0.433 bits per heavy atom. The molecule has 141 heavy (non-hydrogen) atoms. The predicted molar refractivity (Wildman–Crippen MR) is 500 cm³/mol. The van der Waals surface area contributed by atoms with Gasteiger partial charge in [-0.25, -0.2) is 16.8 Å². The Morgan fingerprint density at radius 2 is 0.816 bits per heavy atom. The van der Waals surface area contributed by atoms with Crippen LogP contribution in [0.1, 0.15) is 96.1 Å². The van der Waals surface area contributed by atoms with Gasteiger partial charge < -0.3 is 149 Å². The smallest absolute Gasteiger partial charge is 0.744 e. The first-order valence-corrected chi connectivity index (χ1v) is 51.4. The topological polar surface area (TPSA) is 492 Å². The van der Waals surface area contributed by atoms with E-state index in [9.17, 15) is 51.2 Å². The van der Waals surface area contributed by atoms with Gasteiger partial charge in [0.25, 0.3) is 0 Å². The van der Waals surface area contributed by atoms with Gasteiger partial charge in [0.05, 0.1) is 338 Å². The van der Waals surface area contributed by atoms with Crippen LogP contribution in [-0.2, 0) is 173 Å². The molecule has 0 aliphatic carbocycles. The summed E-state index contributed by atoms with van der Waals surface area (Å²) in [5.41, 5.74) is 2.89. The maximum atomic E-state index is 12.9. The molecule has 0 bridgehead atoms. The van der Waals surface area contributed by atoms with Gasteiger partial charge in [-0.3, -0.25) is 19.7 Å². The van der Waals surface area contributed by atoms with Crippen molar-refractivity contribution in [2.24, 2.45) is 0 Å². The second-order valence-corrected chi connectivity index (χ2v) is 35.5. The molecular formula is C92H148N3Na3O39S4. The van der Waals surface area contributed by atoms with Crippen LogP contribution >= 0.6 is 24.1 Å². The SMILES string of the molecule is COCCOCCOCCOCCOCCOCCOCCOCCOCCOCCOCCOCCOCCOCCOCCOCCOCCOCCOCCOCCOCCOCCOCCOCCNC(=O)CCCCC[N+]1=C(C=CC=CC=C2N(CCCSOO[O-])c3ccc4c(S(=O)(=O)[O-])cc(S(=O)(=O)[O-])cc4c3C2(C)CCCCCC(=O)O)C(C)(C)c2cc(SOO[O-])ccc21.[Na+].[Na+].[Na+]. The predicted octanol–water partition coefficient (Wildman–Crippen LogP) is -2.96. The summed E-state index contributed by atoms with van der Waals surface area (Å²) in [4.78, 5) is 25.2. The number of carbonyl (C=O) groups is 2. The summed E-state index contributed by atoms with van der Waals surface area (Å²) in [6.07, 6.45) is 13.8. The van der Waals surface area contributed by atoms with Crippen molar-refractivity contribution < 1.29 is 277 Å². The summed E-state index contributed by atoms with van der Waals surface area (Å²) in [5, 5.41) is 40.9. The summed E-state index contributed by atoms with van der Waals surface area (Å²) in [5.74, 6) is -0.758. The molecular weight excluding hydrogens is 1970 g/mol. The van der Waals surface area contributed by atoms with E-state index in [1.807, 2.05) is 60.4 Å². The minimum absolute atomic E-state index is 0. The van der Waals surface area contributed by atoms with Crippen molar-refractivity contribution in [1.82, 2.24) is 5.32 Å². The van der Waals surface area contributed by atoms with Crippen LogP contribution in [0.15, 0.2) is 93.2 Å². The monoisotopic (exact) mass is 2120 g/mol. The summed E-state index contributed by atoms with van der Waals surface area (Å²) >= 11 is 1.57. The third kappa shape index (κ3) is 62.5. The van der Waals surface area contributed by atoms with E-state index in [0.29, 0.717) is 409 Å². The number of hydrogen-bond donors (Lipinski definition) is 2. The van der Waals surface area contributed by atoms with E-state index in [0.717, 1.165) is 60.0 Å². The molecule has 1 amide bonds. The molecule has 1 unspecified atom stereocenters. The molecule has 0 saturated heterocycles. The number of allylic oxidation sites excluding steroid dienone is 6. The summed E-state index contributed by atoms with van der Waals surface area (Å²) < 4.78 is 220. The molecule has 792 valence electrons. The second kappa shape index (κ2) is 88.5. The molecule has 3 aromatic carbocycles. The maximum absolute atomic E-state index is 12.9. The van der Waals surface area contributed by atoms with Gasteiger partial charge >= 0.3 is 94.6 Å². The Kier molecular flexibility index (Phi) is 84.7. The number of carboxylic acid groups (broad SMARTS) is 1. The first-order valence-electron chi connectivity index (χ1n) is 46.9. The van der Waals surface area contributed by atoms with Crippen molar-refractivity contribution in [1.29, 1.82) is 0 Å². The fraction of sp³-hybridized carbons (Fsp3) is 0.728. The summed E-state index contributed by atoms with van der Waals surface area (Å²) in [7, 11) is -8.97. The standard InChI is InChI=1S/C92H151N3O39S4.3Na/c1-91(2)82-75-78(136-134-132-100)19-21-83(82)94(86(91)15-8-5-9-16-87-92(3,23-12-6-11-18-89(97)98)90-81-76-79(137(101,102)103)77-85(138(104,105)106)80(81)20-22-84(90)95(87)26-14-74-135-133-131-99)25-13-7-10-17-88(96)93-24-27-108-30-31-110-34-35-112-38-39-114-42-43-116-46-47-118-50-51-120-54-55-122-58-59-124-62-63-126-66-67-128-70-71-130-73-72-129-69-68-127-65-64-125-61-60-123-57-56-121-53-52-119-49-48-117-45-44-115-41-40-113-37-36-111-33-32-109-29-28-107-4;;;/h5,8-9,15-16,19-22,75-77H,6-7,10-14,17-18,23-74H2,1-4H3,(H5-,93,96,97,98,99,100,101,102,103,104,105,106);;;/q;3*+1/p-3. The van der Waals surface area contributed by atoms with Crippen LogP contribution < -0.4 is 109 Å². The molecule has 2 aliphatic rings. The summed E-state index contributed by atoms with van der Waals surface area (Å²) in [6, 6.07) is 10.4. The van der Waals surface area contributed by atoms with E-state index in [1.165, 1.54) is 6.07 Å². The molecule has 2 aliphatic heterocycles. The Bertz CT molecular complexity index is 4030. The number of carboxylic acids is 1. The Morgan fingerprint density at radius 3 is 1.19 bits per heavy atom. The van der Waals surface area contributed by atoms with Crippen LogP contribution in [-0.4, -0.2) is 396 Å². The minimum atomic E-state index is -5.32. The summed E-state index contributed by atoms with van der Waals surface area (Å²) in [6.45, 7) is 28.9. The van der Waals surface area contributed by atoms with Gasteiger partial charge in [0.2, 0.25) is 11.6 Å². The molecule has 3 aromatic rings. The molecule has 5 rings (SSSR count). The second-order valence-electron chi connectivity index (χ2n) is 31.2. The number of nitrogens with one attached hydrogen (secondary N) is 1. The molecule has 0 radical (unpaired) electrons. The number of methoxy groups -OCH3 is 1. The number of ether oxygens (including phenoxy) is 24. The number of hydrogen-bond acceptors (Lipinski definition) is 41. The average Bonchev–Trinajstić information content (AvgIpc) is 1.53. The number of rotatable bonds is 98. The Labute approximate surface area is 906 Å². The number of amides is 1. The maximum Gasteiger partial charge on any atom is 1.00 e. The first kappa shape index (κ1) is 135. The number of nitrogens with zero attached hydrogens (tertiary/aromatic N) is 2. The van der Waals surface area contributed by atoms with Gasteiger partial charge in [0.1, 0.15) is 26.8 Å². The van der Waals surface area contributed by atoms with E-state index < -0.39 is 46.8 Å². The number of aliphatic carboxylic acids is 1. The van der Waals surface area contributed by atoms with Crippen molar-refractivity contribution in [2.75, 3.05) is 348 Å². The van der Waals surface area contributed by atoms with Crippen LogP contribution in [0.4, 0.5) is 11.4 Å². The van der Waals surface area contributed by atoms with Gasteiger partial charge in [-0.15, -0.1) is 0 Å². The van der Waals surface area contributed by atoms with Crippen molar-refractivity contribution >= 4 is 84.1 Å². The van der Waals surface area contributed by atoms with Crippen LogP contribution in [0.3, 0.4) is 0 Å². The Balaban J connectivity index is 0.0000224. The zero-order valence-electron chi connectivity index (χ0n) is 83.5. The van der Waals surface area contributed by atoms with Crippen molar-refractivity contribution in [2.45, 2.75) is 110 Å². The third-order valence-corrected chi connectivity index (χ3v) is 23.6. The minimum Gasteiger partial charge on any atom is -0.744 e. The number of carbonyl (C=O) groups excluding carboxylic acids is 1. The third-order valence-electron chi connectivity index (χ3n) is 20.8. The number of fused-ring (bicyclic) bond motifs is 4. The van der Waals surface area contributed by atoms with E-state index in [-0.39, 0.29) is 112 Å². The molecule has 0 fully saturated rings.